The molecule has 2 N–H and O–H groups in total. The molecule has 7 heteroatoms. The molecule has 1 aromatic carbocycles. The van der Waals surface area contributed by atoms with Crippen LogP contribution in [0.4, 0.5) is 4.39 Å². The fourth-order valence-electron chi connectivity index (χ4n) is 1.64. The number of nitrogens with two attached hydrogens (primary N) is 1. The van der Waals surface area contributed by atoms with Crippen LogP contribution in [0, 0.1) is 5.82 Å². The third-order valence-electron chi connectivity index (χ3n) is 2.55. The van der Waals surface area contributed by atoms with Crippen molar-refractivity contribution in [3.63, 3.8) is 0 Å². The standard InChI is InChI=1S/C12H12BrFN4O/c13-12-8(2-1-3-11(12)14)4-10(19)7-18-6-9(5-15)16-17-18/h1-3,6H,4-5,7,15H2. The van der Waals surface area contributed by atoms with Crippen molar-refractivity contribution in [3.8, 4) is 0 Å². The van der Waals surface area contributed by atoms with Crippen LogP contribution >= 0.6 is 15.9 Å². The molecule has 0 radical (unpaired) electrons. The van der Waals surface area contributed by atoms with Crippen molar-refractivity contribution < 1.29 is 9.18 Å². The predicted molar refractivity (Wildman–Crippen MR) is 70.7 cm³/mol. The molecule has 19 heavy (non-hydrogen) atoms. The highest BCUT2D eigenvalue weighted by atomic mass is 79.9. The second-order valence-corrected chi connectivity index (χ2v) is 4.83. The first-order valence-corrected chi connectivity index (χ1v) is 6.43. The summed E-state index contributed by atoms with van der Waals surface area (Å²) in [5.41, 5.74) is 6.65. The van der Waals surface area contributed by atoms with Crippen molar-refractivity contribution >= 4 is 21.7 Å². The first kappa shape index (κ1) is 13.8. The molecule has 1 aromatic heterocycles. The van der Waals surface area contributed by atoms with Crippen LogP contribution in [-0.4, -0.2) is 20.8 Å². The van der Waals surface area contributed by atoms with E-state index < -0.39 is 0 Å². The number of aromatic nitrogens is 3. The van der Waals surface area contributed by atoms with Gasteiger partial charge in [-0.2, -0.15) is 0 Å². The van der Waals surface area contributed by atoms with Gasteiger partial charge in [-0.1, -0.05) is 17.3 Å². The zero-order valence-electron chi connectivity index (χ0n) is 10.0. The fourth-order valence-corrected chi connectivity index (χ4v) is 2.05. The topological polar surface area (TPSA) is 73.8 Å². The van der Waals surface area contributed by atoms with Gasteiger partial charge in [0.2, 0.25) is 0 Å². The Morgan fingerprint density at radius 1 is 1.47 bits per heavy atom. The van der Waals surface area contributed by atoms with Crippen LogP contribution in [0.3, 0.4) is 0 Å². The molecule has 0 saturated heterocycles. The number of nitrogens with zero attached hydrogens (tertiary/aromatic N) is 3. The van der Waals surface area contributed by atoms with Crippen molar-refractivity contribution in [2.24, 2.45) is 5.73 Å². The summed E-state index contributed by atoms with van der Waals surface area (Å²) >= 11 is 3.13. The Balaban J connectivity index is 2.03. The minimum absolute atomic E-state index is 0.0835. The molecule has 0 atom stereocenters. The van der Waals surface area contributed by atoms with Gasteiger partial charge in [-0.3, -0.25) is 4.79 Å². The van der Waals surface area contributed by atoms with Crippen LogP contribution in [0.15, 0.2) is 28.9 Å². The number of halogens is 2. The number of benzene rings is 1. The highest BCUT2D eigenvalue weighted by Gasteiger charge is 2.11. The molecule has 1 heterocycles. The summed E-state index contributed by atoms with van der Waals surface area (Å²) < 4.78 is 15.1. The van der Waals surface area contributed by atoms with E-state index in [2.05, 4.69) is 26.2 Å². The van der Waals surface area contributed by atoms with Crippen molar-refractivity contribution in [2.45, 2.75) is 19.5 Å². The number of carbonyl (C=O) groups is 1. The highest BCUT2D eigenvalue weighted by Crippen LogP contribution is 2.21. The van der Waals surface area contributed by atoms with Gasteiger partial charge in [0.15, 0.2) is 5.78 Å². The van der Waals surface area contributed by atoms with Crippen LogP contribution in [0.25, 0.3) is 0 Å². The van der Waals surface area contributed by atoms with E-state index >= 15 is 0 Å². The maximum Gasteiger partial charge on any atom is 0.158 e. The monoisotopic (exact) mass is 326 g/mol. The smallest absolute Gasteiger partial charge is 0.158 e. The molecular formula is C12H12BrFN4O. The minimum Gasteiger partial charge on any atom is -0.325 e. The van der Waals surface area contributed by atoms with E-state index in [9.17, 15) is 9.18 Å². The van der Waals surface area contributed by atoms with E-state index in [0.29, 0.717) is 15.7 Å². The van der Waals surface area contributed by atoms with Crippen molar-refractivity contribution in [1.82, 2.24) is 15.0 Å². The molecule has 0 fully saturated rings. The normalized spacial score (nSPS) is 10.7. The number of carbonyl (C=O) groups excluding carboxylic acids is 1. The predicted octanol–water partition coefficient (Wildman–Crippen LogP) is 1.45. The zero-order valence-corrected chi connectivity index (χ0v) is 11.6. The Kier molecular flexibility index (Phi) is 4.39. The molecule has 0 aliphatic carbocycles. The molecule has 0 saturated carbocycles. The average Bonchev–Trinajstić information content (AvgIpc) is 2.82. The first-order valence-electron chi connectivity index (χ1n) is 5.64. The van der Waals surface area contributed by atoms with E-state index in [0.717, 1.165) is 0 Å². The lowest BCUT2D eigenvalue weighted by Crippen LogP contribution is -2.13. The Morgan fingerprint density at radius 2 is 2.26 bits per heavy atom. The van der Waals surface area contributed by atoms with Gasteiger partial charge in [0.05, 0.1) is 16.4 Å². The van der Waals surface area contributed by atoms with Gasteiger partial charge in [-0.05, 0) is 27.6 Å². The average molecular weight is 327 g/mol. The minimum atomic E-state index is -0.378. The summed E-state index contributed by atoms with van der Waals surface area (Å²) in [5.74, 6) is -0.462. The SMILES string of the molecule is NCc1cn(CC(=O)Cc2cccc(F)c2Br)nn1. The number of Topliss-reactive ketones (excluding diaryl/α,β-unsaturated/α-hetero) is 1. The lowest BCUT2D eigenvalue weighted by molar-refractivity contribution is -0.119. The van der Waals surface area contributed by atoms with E-state index in [1.54, 1.807) is 18.3 Å². The summed E-state index contributed by atoms with van der Waals surface area (Å²) in [6.45, 7) is 0.375. The third kappa shape index (κ3) is 3.45. The second-order valence-electron chi connectivity index (χ2n) is 4.04. The molecule has 0 amide bonds. The number of hydrogen-bond acceptors (Lipinski definition) is 4. The Hall–Kier alpha value is -1.60. The summed E-state index contributed by atoms with van der Waals surface area (Å²) in [5, 5.41) is 7.58. The van der Waals surface area contributed by atoms with Gasteiger partial charge in [0.1, 0.15) is 12.4 Å². The van der Waals surface area contributed by atoms with Gasteiger partial charge < -0.3 is 5.73 Å². The van der Waals surface area contributed by atoms with E-state index in [-0.39, 0.29) is 31.1 Å². The van der Waals surface area contributed by atoms with Crippen LogP contribution in [0.5, 0.6) is 0 Å². The summed E-state index contributed by atoms with van der Waals surface area (Å²) in [4.78, 5) is 11.9. The van der Waals surface area contributed by atoms with E-state index in [4.69, 9.17) is 5.73 Å². The maximum absolute atomic E-state index is 13.3. The van der Waals surface area contributed by atoms with E-state index in [1.807, 2.05) is 0 Å². The van der Waals surface area contributed by atoms with Gasteiger partial charge in [-0.15, -0.1) is 5.10 Å². The summed E-state index contributed by atoms with van der Waals surface area (Å²) in [7, 11) is 0. The number of ketones is 1. The van der Waals surface area contributed by atoms with Gasteiger partial charge in [0.25, 0.3) is 0 Å². The Morgan fingerprint density at radius 3 is 2.95 bits per heavy atom. The molecule has 0 aliphatic heterocycles. The molecule has 0 aliphatic rings. The fraction of sp³-hybridized carbons (Fsp3) is 0.250. The van der Waals surface area contributed by atoms with Crippen LogP contribution in [-0.2, 0) is 24.3 Å². The summed E-state index contributed by atoms with van der Waals surface area (Å²) in [6, 6.07) is 4.62. The molecular weight excluding hydrogens is 315 g/mol. The lowest BCUT2D eigenvalue weighted by Gasteiger charge is -2.04. The molecule has 2 rings (SSSR count). The van der Waals surface area contributed by atoms with Crippen LogP contribution in [0.2, 0.25) is 0 Å². The van der Waals surface area contributed by atoms with Crippen molar-refractivity contribution in [1.29, 1.82) is 0 Å². The van der Waals surface area contributed by atoms with Crippen molar-refractivity contribution in [2.75, 3.05) is 0 Å². The van der Waals surface area contributed by atoms with E-state index in [1.165, 1.54) is 10.7 Å². The molecule has 100 valence electrons. The maximum atomic E-state index is 13.3. The third-order valence-corrected chi connectivity index (χ3v) is 3.44. The molecule has 5 nitrogen and oxygen atoms in total. The number of hydrogen-bond donors (Lipinski definition) is 1. The van der Waals surface area contributed by atoms with Gasteiger partial charge in [0, 0.05) is 13.0 Å². The van der Waals surface area contributed by atoms with Crippen molar-refractivity contribution in [3.05, 3.63) is 45.9 Å². The lowest BCUT2D eigenvalue weighted by atomic mass is 10.1. The zero-order chi connectivity index (χ0) is 13.8. The number of rotatable bonds is 5. The molecule has 0 bridgehead atoms. The van der Waals surface area contributed by atoms with Gasteiger partial charge >= 0.3 is 0 Å². The summed E-state index contributed by atoms with van der Waals surface area (Å²) in [6.07, 6.45) is 1.76. The van der Waals surface area contributed by atoms with Crippen LogP contribution in [0.1, 0.15) is 11.3 Å². The largest absolute Gasteiger partial charge is 0.325 e. The Labute approximate surface area is 117 Å². The molecule has 2 aromatic rings. The molecule has 0 unspecified atom stereocenters. The second kappa shape index (κ2) is 6.03. The quantitative estimate of drug-likeness (QED) is 0.902. The highest BCUT2D eigenvalue weighted by molar-refractivity contribution is 9.10. The Bertz CT molecular complexity index is 599. The van der Waals surface area contributed by atoms with Crippen LogP contribution < -0.4 is 5.73 Å². The van der Waals surface area contributed by atoms with Gasteiger partial charge in [-0.25, -0.2) is 9.07 Å². The first-order chi connectivity index (χ1) is 9.10. The molecule has 0 spiro atoms.